The van der Waals surface area contributed by atoms with Crippen LogP contribution in [-0.2, 0) is 9.59 Å². The van der Waals surface area contributed by atoms with E-state index in [0.29, 0.717) is 5.69 Å². The van der Waals surface area contributed by atoms with Crippen LogP contribution in [0.5, 0.6) is 0 Å². The van der Waals surface area contributed by atoms with Gasteiger partial charge in [0.2, 0.25) is 11.8 Å². The Kier molecular flexibility index (Phi) is 7.05. The summed E-state index contributed by atoms with van der Waals surface area (Å²) < 4.78 is 0. The lowest BCUT2D eigenvalue weighted by Crippen LogP contribution is -2.53. The van der Waals surface area contributed by atoms with E-state index in [1.165, 1.54) is 0 Å². The number of nitrogens with one attached hydrogen (secondary N) is 3. The topological polar surface area (TPSA) is 113 Å². The second kappa shape index (κ2) is 8.77. The van der Waals surface area contributed by atoms with E-state index in [9.17, 15) is 14.4 Å². The highest BCUT2D eigenvalue weighted by Gasteiger charge is 2.25. The molecule has 1 aromatic rings. The van der Waals surface area contributed by atoms with Gasteiger partial charge in [0, 0.05) is 18.2 Å². The molecule has 0 bridgehead atoms. The minimum atomic E-state index is -0.714. The molecule has 23 heavy (non-hydrogen) atoms. The molecule has 0 saturated heterocycles. The number of benzene rings is 1. The zero-order valence-corrected chi connectivity index (χ0v) is 13.6. The number of rotatable bonds is 7. The number of urea groups is 1. The second-order valence-electron chi connectivity index (χ2n) is 5.77. The zero-order chi connectivity index (χ0) is 17.4. The van der Waals surface area contributed by atoms with Crippen LogP contribution in [0.15, 0.2) is 30.3 Å². The molecule has 0 saturated carbocycles. The average molecular weight is 320 g/mol. The molecule has 0 unspecified atom stereocenters. The maximum Gasteiger partial charge on any atom is 0.319 e. The first-order valence-electron chi connectivity index (χ1n) is 7.50. The van der Waals surface area contributed by atoms with E-state index in [0.717, 1.165) is 0 Å². The van der Waals surface area contributed by atoms with Gasteiger partial charge in [-0.25, -0.2) is 4.79 Å². The fourth-order valence-electron chi connectivity index (χ4n) is 2.05. The molecular formula is C16H24N4O3. The van der Waals surface area contributed by atoms with E-state index in [-0.39, 0.29) is 24.3 Å². The van der Waals surface area contributed by atoms with Crippen molar-refractivity contribution in [2.45, 2.75) is 39.3 Å². The van der Waals surface area contributed by atoms with Gasteiger partial charge in [-0.1, -0.05) is 32.0 Å². The van der Waals surface area contributed by atoms with Gasteiger partial charge in [0.05, 0.1) is 0 Å². The molecular weight excluding hydrogens is 296 g/mol. The number of hydrogen-bond acceptors (Lipinski definition) is 3. The molecule has 4 amide bonds. The van der Waals surface area contributed by atoms with Crippen LogP contribution in [0.3, 0.4) is 0 Å². The number of amides is 4. The van der Waals surface area contributed by atoms with Crippen LogP contribution in [0.25, 0.3) is 0 Å². The van der Waals surface area contributed by atoms with Crippen molar-refractivity contribution in [2.75, 3.05) is 5.32 Å². The lowest BCUT2D eigenvalue weighted by Gasteiger charge is -2.23. The van der Waals surface area contributed by atoms with Crippen molar-refractivity contribution in [3.8, 4) is 0 Å². The molecule has 5 N–H and O–H groups in total. The number of hydrogen-bond donors (Lipinski definition) is 4. The normalized spacial score (nSPS) is 13.0. The first kappa shape index (κ1) is 18.5. The van der Waals surface area contributed by atoms with Gasteiger partial charge in [0.1, 0.15) is 6.04 Å². The lowest BCUT2D eigenvalue weighted by molar-refractivity contribution is -0.124. The summed E-state index contributed by atoms with van der Waals surface area (Å²) in [5.41, 5.74) is 5.74. The summed E-state index contributed by atoms with van der Waals surface area (Å²) in [6.07, 6.45) is 0.0484. The third-order valence-corrected chi connectivity index (χ3v) is 3.16. The molecule has 7 heteroatoms. The van der Waals surface area contributed by atoms with E-state index < -0.39 is 18.0 Å². The Labute approximate surface area is 136 Å². The first-order chi connectivity index (χ1) is 10.8. The molecule has 0 aromatic heterocycles. The van der Waals surface area contributed by atoms with E-state index >= 15 is 0 Å². The molecule has 1 aromatic carbocycles. The fraction of sp³-hybridized carbons (Fsp3) is 0.438. The summed E-state index contributed by atoms with van der Waals surface area (Å²) in [6, 6.07) is 7.37. The van der Waals surface area contributed by atoms with Crippen molar-refractivity contribution in [3.05, 3.63) is 30.3 Å². The Morgan fingerprint density at radius 1 is 1.04 bits per heavy atom. The van der Waals surface area contributed by atoms with E-state index in [4.69, 9.17) is 5.73 Å². The van der Waals surface area contributed by atoms with Gasteiger partial charge in [-0.15, -0.1) is 0 Å². The largest absolute Gasteiger partial charge is 0.370 e. The monoisotopic (exact) mass is 320 g/mol. The maximum absolute atomic E-state index is 12.3. The van der Waals surface area contributed by atoms with Gasteiger partial charge in [0.15, 0.2) is 0 Å². The number of para-hydroxylation sites is 1. The van der Waals surface area contributed by atoms with Crippen molar-refractivity contribution >= 4 is 23.5 Å². The molecule has 0 fully saturated rings. The highest BCUT2D eigenvalue weighted by atomic mass is 16.2. The van der Waals surface area contributed by atoms with Crippen LogP contribution in [0.1, 0.15) is 27.2 Å². The molecule has 1 rings (SSSR count). The minimum absolute atomic E-state index is 0.0484. The predicted octanol–water partition coefficient (Wildman–Crippen LogP) is 1.21. The van der Waals surface area contributed by atoms with Crippen LogP contribution < -0.4 is 21.7 Å². The van der Waals surface area contributed by atoms with Crippen molar-refractivity contribution in [2.24, 2.45) is 11.7 Å². The molecule has 0 aliphatic rings. The maximum atomic E-state index is 12.3. The average Bonchev–Trinajstić information content (AvgIpc) is 2.44. The van der Waals surface area contributed by atoms with Gasteiger partial charge in [-0.3, -0.25) is 9.59 Å². The SMILES string of the molecule is CC(C)[C@@H](NC(=O)Nc1ccccc1)C(=O)N[C@H](C)CC(N)=O. The van der Waals surface area contributed by atoms with Crippen molar-refractivity contribution in [1.82, 2.24) is 10.6 Å². The van der Waals surface area contributed by atoms with Crippen LogP contribution in [0.4, 0.5) is 10.5 Å². The summed E-state index contributed by atoms with van der Waals surface area (Å²) in [6.45, 7) is 5.33. The van der Waals surface area contributed by atoms with E-state index in [1.807, 2.05) is 19.9 Å². The molecule has 0 aliphatic heterocycles. The Morgan fingerprint density at radius 2 is 1.65 bits per heavy atom. The summed E-state index contributed by atoms with van der Waals surface area (Å²) >= 11 is 0. The molecule has 0 aliphatic carbocycles. The van der Waals surface area contributed by atoms with Gasteiger partial charge in [-0.05, 0) is 25.0 Å². The van der Waals surface area contributed by atoms with Gasteiger partial charge in [0.25, 0.3) is 0 Å². The smallest absolute Gasteiger partial charge is 0.319 e. The van der Waals surface area contributed by atoms with Crippen molar-refractivity contribution in [1.29, 1.82) is 0 Å². The molecule has 7 nitrogen and oxygen atoms in total. The molecule has 126 valence electrons. The third kappa shape index (κ3) is 6.82. The summed E-state index contributed by atoms with van der Waals surface area (Å²) in [4.78, 5) is 35.1. The Hall–Kier alpha value is -2.57. The Balaban J connectivity index is 2.61. The standard InChI is InChI=1S/C16H24N4O3/c1-10(2)14(15(22)18-11(3)9-13(17)21)20-16(23)19-12-7-5-4-6-8-12/h4-8,10-11,14H,9H2,1-3H3,(H2,17,21)(H,18,22)(H2,19,20,23)/t11-,14-/m1/s1. The summed E-state index contributed by atoms with van der Waals surface area (Å²) in [5, 5.41) is 7.99. The quantitative estimate of drug-likeness (QED) is 0.605. The number of carbonyl (C=O) groups is 3. The predicted molar refractivity (Wildman–Crippen MR) is 88.6 cm³/mol. The zero-order valence-electron chi connectivity index (χ0n) is 13.6. The highest BCUT2D eigenvalue weighted by Crippen LogP contribution is 2.07. The Bertz CT molecular complexity index is 546. The number of anilines is 1. The van der Waals surface area contributed by atoms with Gasteiger partial charge >= 0.3 is 6.03 Å². The number of carbonyl (C=O) groups excluding carboxylic acids is 3. The molecule has 0 radical (unpaired) electrons. The van der Waals surface area contributed by atoms with Crippen LogP contribution in [0, 0.1) is 5.92 Å². The first-order valence-corrected chi connectivity index (χ1v) is 7.50. The van der Waals surface area contributed by atoms with Crippen molar-refractivity contribution in [3.63, 3.8) is 0 Å². The lowest BCUT2D eigenvalue weighted by atomic mass is 10.0. The van der Waals surface area contributed by atoms with E-state index in [1.54, 1.807) is 31.2 Å². The molecule has 0 heterocycles. The second-order valence-corrected chi connectivity index (χ2v) is 5.77. The highest BCUT2D eigenvalue weighted by molar-refractivity contribution is 5.94. The third-order valence-electron chi connectivity index (χ3n) is 3.16. The van der Waals surface area contributed by atoms with Crippen molar-refractivity contribution < 1.29 is 14.4 Å². The number of primary amides is 1. The summed E-state index contributed by atoms with van der Waals surface area (Å²) in [5.74, 6) is -0.956. The van der Waals surface area contributed by atoms with Crippen LogP contribution in [-0.4, -0.2) is 29.9 Å². The molecule has 0 spiro atoms. The van der Waals surface area contributed by atoms with Gasteiger partial charge < -0.3 is 21.7 Å². The van der Waals surface area contributed by atoms with Crippen LogP contribution >= 0.6 is 0 Å². The minimum Gasteiger partial charge on any atom is -0.370 e. The Morgan fingerprint density at radius 3 is 2.17 bits per heavy atom. The van der Waals surface area contributed by atoms with E-state index in [2.05, 4.69) is 16.0 Å². The van der Waals surface area contributed by atoms with Crippen LogP contribution in [0.2, 0.25) is 0 Å². The fourth-order valence-corrected chi connectivity index (χ4v) is 2.05. The van der Waals surface area contributed by atoms with Gasteiger partial charge in [-0.2, -0.15) is 0 Å². The summed E-state index contributed by atoms with van der Waals surface area (Å²) in [7, 11) is 0. The molecule has 2 atom stereocenters. The number of nitrogens with two attached hydrogens (primary N) is 1.